The number of imidazole rings is 3. The second-order valence-electron chi connectivity index (χ2n) is 29.9. The van der Waals surface area contributed by atoms with Gasteiger partial charge in [-0.15, -0.1) is 0 Å². The van der Waals surface area contributed by atoms with Crippen LogP contribution in [0.1, 0.15) is 80.2 Å². The van der Waals surface area contributed by atoms with Gasteiger partial charge in [0.15, 0.2) is 0 Å². The maximum Gasteiger partial charge on any atom is 0.150 e. The Morgan fingerprint density at radius 1 is 0.377 bits per heavy atom. The Kier molecular flexibility index (Phi) is 18.0. The van der Waals surface area contributed by atoms with Gasteiger partial charge in [-0.25, -0.2) is 44.9 Å². The molecule has 0 spiro atoms. The molecule has 2 aliphatic heterocycles. The van der Waals surface area contributed by atoms with Crippen LogP contribution in [0.2, 0.25) is 0 Å². The van der Waals surface area contributed by atoms with E-state index in [0.717, 1.165) is 211 Å². The van der Waals surface area contributed by atoms with Crippen LogP contribution in [0.3, 0.4) is 0 Å². The molecule has 0 unspecified atom stereocenters. The number of rotatable bonds is 15. The van der Waals surface area contributed by atoms with Crippen LogP contribution in [0.5, 0.6) is 0 Å². The summed E-state index contributed by atoms with van der Waals surface area (Å²) < 4.78 is 12.0. The molecule has 19 heteroatoms. The summed E-state index contributed by atoms with van der Waals surface area (Å²) in [5.41, 5.74) is 36.6. The molecule has 5 fully saturated rings. The molecule has 3 aliphatic carbocycles. The van der Waals surface area contributed by atoms with Crippen molar-refractivity contribution in [2.45, 2.75) is 62.7 Å². The number of nitrogens with two attached hydrogens (primary N) is 3. The Hall–Kier alpha value is -11.4. The maximum absolute atomic E-state index is 6.42. The molecule has 106 heavy (non-hydrogen) atoms. The number of benzene rings is 6. The van der Waals surface area contributed by atoms with E-state index in [1.165, 1.54) is 38.9 Å². The minimum absolute atomic E-state index is 0.428. The minimum atomic E-state index is 0.428. The molecule has 11 heterocycles. The fourth-order valence-corrected chi connectivity index (χ4v) is 16.7. The fourth-order valence-electron chi connectivity index (χ4n) is 16.7. The lowest BCUT2D eigenvalue weighted by Gasteiger charge is -2.41. The Balaban J connectivity index is 0.000000113. The second-order valence-corrected chi connectivity index (χ2v) is 29.9. The topological polar surface area (TPSA) is 226 Å². The van der Waals surface area contributed by atoms with Gasteiger partial charge in [-0.2, -0.15) is 0 Å². The standard InChI is InChI=1S/C30H30N6O.C29H28N6.C28H28N6/c31-29-28-27(23-7-6-22-8-9-25(33-26(22)18-23)21-4-2-1-3-5-21)34-30(36(28)11-10-32-29)24-16-20(17-24)19-35-12-14-37-15-13-35;30-28-27-26(22-8-7-21-9-10-24(32-25(21)17-22)20-5-2-1-3-6-20)33-29(35(27)14-11-31-28)23-15-19(16-23)18-34-12-4-13-34;1-33(2)17-18-14-22(15-18)28-32-25(26-27(29)30-12-13-34(26)28)21-9-8-20-10-11-23(31-24(20)16-21)19-6-4-3-5-7-19/h1-11,18,20,24H,12-17,19H2,(H2,31,32);1-3,5-11,14,17,19,23H,4,12-13,15-16,18H2,(H2,30,31);3-13,16,18,22H,14-15,17H2,1-2H3,(H2,29,30). The summed E-state index contributed by atoms with van der Waals surface area (Å²) in [4.78, 5) is 51.0. The van der Waals surface area contributed by atoms with E-state index >= 15 is 0 Å². The van der Waals surface area contributed by atoms with E-state index in [1.54, 1.807) is 18.6 Å². The second kappa shape index (κ2) is 28.6. The fraction of sp³-hybridized carbons (Fsp3) is 0.276. The van der Waals surface area contributed by atoms with Gasteiger partial charge in [0, 0.05) is 137 Å². The zero-order valence-electron chi connectivity index (χ0n) is 59.9. The number of nitrogens with zero attached hydrogens (tertiary/aromatic N) is 15. The van der Waals surface area contributed by atoms with E-state index in [-0.39, 0.29) is 0 Å². The highest BCUT2D eigenvalue weighted by atomic mass is 16.5. The van der Waals surface area contributed by atoms with E-state index in [1.807, 2.05) is 73.2 Å². The highest BCUT2D eigenvalue weighted by molar-refractivity contribution is 5.94. The van der Waals surface area contributed by atoms with E-state index in [9.17, 15) is 0 Å². The average molecular weight is 1400 g/mol. The number of hydrogen-bond donors (Lipinski definition) is 3. The zero-order chi connectivity index (χ0) is 71.4. The van der Waals surface area contributed by atoms with Gasteiger partial charge in [0.2, 0.25) is 0 Å². The summed E-state index contributed by atoms with van der Waals surface area (Å²) in [5.74, 6) is 8.34. The summed E-state index contributed by atoms with van der Waals surface area (Å²) in [6.45, 7) is 9.83. The molecule has 0 bridgehead atoms. The van der Waals surface area contributed by atoms with Gasteiger partial charge < -0.3 is 31.7 Å². The number of morpholine rings is 1. The third-order valence-corrected chi connectivity index (χ3v) is 22.4. The summed E-state index contributed by atoms with van der Waals surface area (Å²) in [6.07, 6.45) is 19.7. The SMILES string of the molecule is CN(C)CC1CC(c2nc(-c3ccc4ccc(-c5ccccc5)nc4c3)c3c(N)nccn23)C1.Nc1nccn2c(C3CC(CN4CCC4)C3)nc(-c3ccc4ccc(-c5ccccc5)nc4c3)c12.Nc1nccn2c(C3CC(CN4CCOCC4)C3)nc(-c3ccc4ccc(-c5ccccc5)nc4c3)c12. The maximum atomic E-state index is 6.42. The quantitative estimate of drug-likeness (QED) is 0.0867. The molecule has 2 saturated heterocycles. The van der Waals surface area contributed by atoms with Crippen LogP contribution in [-0.2, 0) is 4.74 Å². The van der Waals surface area contributed by atoms with Gasteiger partial charge in [-0.05, 0) is 126 Å². The third kappa shape index (κ3) is 13.2. The van der Waals surface area contributed by atoms with Crippen molar-refractivity contribution in [3.63, 3.8) is 0 Å². The van der Waals surface area contributed by atoms with Gasteiger partial charge in [-0.1, -0.05) is 146 Å². The van der Waals surface area contributed by atoms with E-state index < -0.39 is 0 Å². The van der Waals surface area contributed by atoms with Gasteiger partial charge in [0.05, 0.1) is 46.8 Å². The lowest BCUT2D eigenvalue weighted by Crippen LogP contribution is -2.43. The number of pyridine rings is 3. The summed E-state index contributed by atoms with van der Waals surface area (Å²) in [6, 6.07) is 62.5. The van der Waals surface area contributed by atoms with Crippen molar-refractivity contribution in [2.24, 2.45) is 17.8 Å². The van der Waals surface area contributed by atoms with Crippen molar-refractivity contribution in [1.29, 1.82) is 0 Å². The summed E-state index contributed by atoms with van der Waals surface area (Å²) in [7, 11) is 4.28. The predicted molar refractivity (Wildman–Crippen MR) is 424 cm³/mol. The first-order chi connectivity index (χ1) is 52.0. The number of anilines is 3. The highest BCUT2D eigenvalue weighted by Gasteiger charge is 2.39. The first-order valence-electron chi connectivity index (χ1n) is 37.5. The first kappa shape index (κ1) is 66.6. The van der Waals surface area contributed by atoms with Gasteiger partial charge >= 0.3 is 0 Å². The van der Waals surface area contributed by atoms with E-state index in [0.29, 0.717) is 41.1 Å². The van der Waals surface area contributed by atoms with Crippen molar-refractivity contribution >= 4 is 66.7 Å². The average Bonchev–Trinajstić information content (AvgIpc) is 1.60. The Bertz CT molecular complexity index is 5690. The number of nitrogen functional groups attached to an aromatic ring is 3. The molecule has 0 amide bonds. The van der Waals surface area contributed by atoms with Crippen LogP contribution >= 0.6 is 0 Å². The number of fused-ring (bicyclic) bond motifs is 6. The van der Waals surface area contributed by atoms with E-state index in [2.05, 4.69) is 184 Å². The number of ether oxygens (including phenoxy) is 1. The molecule has 19 nitrogen and oxygen atoms in total. The molecule has 5 aliphatic rings. The van der Waals surface area contributed by atoms with Crippen LogP contribution in [0.4, 0.5) is 17.5 Å². The third-order valence-electron chi connectivity index (χ3n) is 22.4. The lowest BCUT2D eigenvalue weighted by molar-refractivity contribution is 0.0214. The molecule has 20 rings (SSSR count). The Morgan fingerprint density at radius 3 is 1.04 bits per heavy atom. The van der Waals surface area contributed by atoms with Crippen molar-refractivity contribution in [2.75, 3.05) is 90.3 Å². The van der Waals surface area contributed by atoms with Crippen LogP contribution in [-0.4, -0.2) is 146 Å². The minimum Gasteiger partial charge on any atom is -0.382 e. The van der Waals surface area contributed by atoms with Crippen molar-refractivity contribution in [1.82, 2.24) is 72.8 Å². The van der Waals surface area contributed by atoms with Gasteiger partial charge in [-0.3, -0.25) is 18.1 Å². The predicted octanol–water partition coefficient (Wildman–Crippen LogP) is 15.7. The van der Waals surface area contributed by atoms with Gasteiger partial charge in [0.1, 0.15) is 68.6 Å². The van der Waals surface area contributed by atoms with Crippen molar-refractivity contribution in [3.8, 4) is 67.5 Å². The van der Waals surface area contributed by atoms with Gasteiger partial charge in [0.25, 0.3) is 0 Å². The summed E-state index contributed by atoms with van der Waals surface area (Å²) >= 11 is 0. The highest BCUT2D eigenvalue weighted by Crippen LogP contribution is 2.47. The smallest absolute Gasteiger partial charge is 0.150 e. The normalized spacial score (nSPS) is 19.5. The molecule has 530 valence electrons. The molecule has 6 aromatic carbocycles. The Morgan fingerprint density at radius 2 is 0.708 bits per heavy atom. The molecule has 0 atom stereocenters. The van der Waals surface area contributed by atoms with Crippen LogP contribution in [0.25, 0.3) is 117 Å². The lowest BCUT2D eigenvalue weighted by atomic mass is 9.74. The van der Waals surface area contributed by atoms with Crippen LogP contribution < -0.4 is 17.2 Å². The van der Waals surface area contributed by atoms with Crippen LogP contribution in [0, 0.1) is 17.8 Å². The number of aromatic nitrogens is 12. The number of likely N-dealkylation sites (tertiary alicyclic amines) is 1. The zero-order valence-corrected chi connectivity index (χ0v) is 59.9. The van der Waals surface area contributed by atoms with Crippen molar-refractivity contribution < 1.29 is 4.74 Å². The molecule has 0 radical (unpaired) electrons. The molecule has 6 N–H and O–H groups in total. The van der Waals surface area contributed by atoms with Crippen LogP contribution in [0.15, 0.2) is 219 Å². The molecule has 15 aromatic rings. The monoisotopic (exact) mass is 1400 g/mol. The molecule has 3 saturated carbocycles. The molecular weight excluding hydrogens is 1310 g/mol. The molecular formula is C87H86N18O. The largest absolute Gasteiger partial charge is 0.382 e. The van der Waals surface area contributed by atoms with E-state index in [4.69, 9.17) is 51.8 Å². The number of hydrogen-bond acceptors (Lipinski definition) is 16. The first-order valence-corrected chi connectivity index (χ1v) is 37.5. The Labute approximate surface area is 615 Å². The summed E-state index contributed by atoms with van der Waals surface area (Å²) in [5, 5.41) is 3.31. The molecule has 9 aromatic heterocycles. The van der Waals surface area contributed by atoms with Crippen molar-refractivity contribution in [3.05, 3.63) is 237 Å².